The molecule has 0 fully saturated rings. The van der Waals surface area contributed by atoms with E-state index in [0.29, 0.717) is 17.2 Å². The van der Waals surface area contributed by atoms with Crippen LogP contribution in [0.2, 0.25) is 0 Å². The monoisotopic (exact) mass is 593 g/mol. The number of nitrogens with zero attached hydrogens (tertiary/aromatic N) is 5. The van der Waals surface area contributed by atoms with E-state index in [1.165, 1.54) is 39.8 Å². The maximum atomic E-state index is 13.3. The minimum Gasteiger partial charge on any atom is -0.497 e. The molecule has 0 aliphatic carbocycles. The number of sulfonamides is 1. The number of amides is 1. The molecule has 1 amide bonds. The minimum absolute atomic E-state index is 0.0281. The first kappa shape index (κ1) is 29.1. The Hall–Kier alpha value is -4.93. The van der Waals surface area contributed by atoms with Gasteiger partial charge in [0.2, 0.25) is 21.9 Å². The van der Waals surface area contributed by atoms with Crippen LogP contribution in [0.3, 0.4) is 0 Å². The van der Waals surface area contributed by atoms with Crippen molar-refractivity contribution in [3.8, 4) is 34.3 Å². The third-order valence-electron chi connectivity index (χ3n) is 5.35. The normalized spacial score (nSPS) is 11.6. The summed E-state index contributed by atoms with van der Waals surface area (Å²) in [6.45, 7) is 0. The molecule has 0 bridgehead atoms. The molecule has 0 atom stereocenters. The van der Waals surface area contributed by atoms with Crippen molar-refractivity contribution in [3.05, 3.63) is 60.2 Å². The molecule has 3 heterocycles. The summed E-state index contributed by atoms with van der Waals surface area (Å²) in [5.41, 5.74) is -0.724. The van der Waals surface area contributed by atoms with Crippen molar-refractivity contribution in [3.63, 3.8) is 0 Å². The van der Waals surface area contributed by atoms with E-state index in [-0.39, 0.29) is 34.3 Å². The largest absolute Gasteiger partial charge is 0.497 e. The van der Waals surface area contributed by atoms with Crippen molar-refractivity contribution in [2.24, 2.45) is 0 Å². The Morgan fingerprint density at radius 2 is 1.66 bits per heavy atom. The van der Waals surface area contributed by atoms with Gasteiger partial charge in [0, 0.05) is 53.6 Å². The number of methoxy groups -OCH3 is 3. The SMILES string of the molecule is COc1cc(Nc2ncc(-c3cnc(OC)c(C(=O)NS(C)(=O)=O)c3)c(-n3ccc(C(F)(F)F)n3)n2)cc(OC)c1. The van der Waals surface area contributed by atoms with Crippen molar-refractivity contribution in [2.45, 2.75) is 6.18 Å². The van der Waals surface area contributed by atoms with Crippen LogP contribution in [0.25, 0.3) is 16.9 Å². The highest BCUT2D eigenvalue weighted by Crippen LogP contribution is 2.33. The summed E-state index contributed by atoms with van der Waals surface area (Å²) in [4.78, 5) is 25.3. The molecule has 0 saturated carbocycles. The lowest BCUT2D eigenvalue weighted by atomic mass is 10.1. The van der Waals surface area contributed by atoms with Gasteiger partial charge in [0.05, 0.1) is 27.6 Å². The summed E-state index contributed by atoms with van der Waals surface area (Å²) in [5, 5.41) is 6.55. The maximum Gasteiger partial charge on any atom is 0.435 e. The topological polar surface area (TPSA) is 159 Å². The molecule has 13 nitrogen and oxygen atoms in total. The molecule has 0 radical (unpaired) electrons. The first-order chi connectivity index (χ1) is 19.3. The van der Waals surface area contributed by atoms with Gasteiger partial charge in [-0.15, -0.1) is 0 Å². The quantitative estimate of drug-likeness (QED) is 0.293. The van der Waals surface area contributed by atoms with Gasteiger partial charge < -0.3 is 19.5 Å². The van der Waals surface area contributed by atoms with Crippen LogP contribution in [-0.2, 0) is 16.2 Å². The van der Waals surface area contributed by atoms with Crippen LogP contribution in [0, 0.1) is 0 Å². The van der Waals surface area contributed by atoms with Crippen molar-refractivity contribution in [1.82, 2.24) is 29.5 Å². The van der Waals surface area contributed by atoms with Crippen molar-refractivity contribution in [2.75, 3.05) is 32.9 Å². The van der Waals surface area contributed by atoms with E-state index in [9.17, 15) is 26.4 Å². The van der Waals surface area contributed by atoms with Gasteiger partial charge >= 0.3 is 6.18 Å². The molecule has 4 aromatic rings. The smallest absolute Gasteiger partial charge is 0.435 e. The van der Waals surface area contributed by atoms with Crippen LogP contribution >= 0.6 is 0 Å². The zero-order valence-electron chi connectivity index (χ0n) is 21.8. The molecular weight excluding hydrogens is 571 g/mol. The summed E-state index contributed by atoms with van der Waals surface area (Å²) in [5.74, 6) is -0.468. The van der Waals surface area contributed by atoms with Gasteiger partial charge in [-0.1, -0.05) is 0 Å². The summed E-state index contributed by atoms with van der Waals surface area (Å²) in [6, 6.07) is 6.88. The first-order valence-electron chi connectivity index (χ1n) is 11.4. The number of carbonyl (C=O) groups excluding carboxylic acids is 1. The van der Waals surface area contributed by atoms with Gasteiger partial charge in [-0.3, -0.25) is 4.79 Å². The molecule has 216 valence electrons. The molecule has 4 rings (SSSR count). The summed E-state index contributed by atoms with van der Waals surface area (Å²) >= 11 is 0. The average molecular weight is 594 g/mol. The third-order valence-corrected chi connectivity index (χ3v) is 5.91. The Kier molecular flexibility index (Phi) is 8.00. The summed E-state index contributed by atoms with van der Waals surface area (Å²) < 4.78 is 81.6. The van der Waals surface area contributed by atoms with Crippen LogP contribution in [0.5, 0.6) is 17.4 Å². The Morgan fingerprint density at radius 1 is 0.976 bits per heavy atom. The zero-order chi connectivity index (χ0) is 29.9. The number of anilines is 2. The molecular formula is C24H22F3N7O6S. The molecule has 3 aromatic heterocycles. The van der Waals surface area contributed by atoms with Crippen LogP contribution < -0.4 is 24.2 Å². The maximum absolute atomic E-state index is 13.3. The number of ether oxygens (including phenoxy) is 3. The van der Waals surface area contributed by atoms with Crippen molar-refractivity contribution >= 4 is 27.6 Å². The van der Waals surface area contributed by atoms with Gasteiger partial charge in [0.1, 0.15) is 17.1 Å². The van der Waals surface area contributed by atoms with Crippen molar-refractivity contribution in [1.29, 1.82) is 0 Å². The van der Waals surface area contributed by atoms with Gasteiger partial charge in [-0.2, -0.15) is 23.3 Å². The van der Waals surface area contributed by atoms with Crippen LogP contribution in [0.1, 0.15) is 16.1 Å². The number of carbonyl (C=O) groups is 1. The highest BCUT2D eigenvalue weighted by molar-refractivity contribution is 7.89. The van der Waals surface area contributed by atoms with Gasteiger partial charge in [-0.25, -0.2) is 27.8 Å². The van der Waals surface area contributed by atoms with E-state index >= 15 is 0 Å². The molecule has 0 unspecified atom stereocenters. The average Bonchev–Trinajstić information content (AvgIpc) is 3.43. The number of alkyl halides is 3. The summed E-state index contributed by atoms with van der Waals surface area (Å²) in [7, 11) is 0.217. The fourth-order valence-electron chi connectivity index (χ4n) is 3.56. The number of halogens is 3. The Bertz CT molecular complexity index is 1690. The molecule has 2 N–H and O–H groups in total. The number of rotatable bonds is 9. The Labute approximate surface area is 231 Å². The number of hydrogen-bond donors (Lipinski definition) is 2. The Balaban J connectivity index is 1.85. The fourth-order valence-corrected chi connectivity index (χ4v) is 4.01. The van der Waals surface area contributed by atoms with E-state index in [2.05, 4.69) is 25.4 Å². The fraction of sp³-hybridized carbons (Fsp3) is 0.208. The van der Waals surface area contributed by atoms with Crippen LogP contribution in [-0.4, -0.2) is 66.6 Å². The van der Waals surface area contributed by atoms with E-state index < -0.39 is 27.8 Å². The number of pyridine rings is 1. The minimum atomic E-state index is -4.73. The van der Waals surface area contributed by atoms with Crippen LogP contribution in [0.4, 0.5) is 24.8 Å². The first-order valence-corrected chi connectivity index (χ1v) is 13.3. The molecule has 0 aliphatic heterocycles. The number of aromatic nitrogens is 5. The van der Waals surface area contributed by atoms with Gasteiger partial charge in [0.15, 0.2) is 11.5 Å². The molecule has 0 aliphatic rings. The number of hydrogen-bond acceptors (Lipinski definition) is 11. The molecule has 0 saturated heterocycles. The van der Waals surface area contributed by atoms with Crippen molar-refractivity contribution < 1.29 is 40.6 Å². The van der Waals surface area contributed by atoms with Gasteiger partial charge in [-0.05, 0) is 12.1 Å². The number of nitrogens with one attached hydrogen (secondary N) is 2. The standard InChI is InChI=1S/C24H22F3N7O6S/c1-38-15-8-14(9-16(10-15)39-2)30-23-29-12-18(20(31-23)34-6-5-19(32-34)24(25,26)27)13-7-17(22(40-3)28-11-13)21(35)33-41(4,36)37/h5-12H,1-4H3,(H,33,35)(H,29,30,31). The molecule has 0 spiro atoms. The summed E-state index contributed by atoms with van der Waals surface area (Å²) in [6.07, 6.45) is -0.345. The second-order valence-corrected chi connectivity index (χ2v) is 10.0. The predicted molar refractivity (Wildman–Crippen MR) is 139 cm³/mol. The molecule has 1 aromatic carbocycles. The van der Waals surface area contributed by atoms with E-state index in [1.807, 2.05) is 4.72 Å². The third kappa shape index (κ3) is 6.81. The lowest BCUT2D eigenvalue weighted by molar-refractivity contribution is -0.141. The molecule has 41 heavy (non-hydrogen) atoms. The van der Waals surface area contributed by atoms with E-state index in [4.69, 9.17) is 14.2 Å². The predicted octanol–water partition coefficient (Wildman–Crippen LogP) is 3.20. The highest BCUT2D eigenvalue weighted by Gasteiger charge is 2.34. The van der Waals surface area contributed by atoms with Gasteiger partial charge in [0.25, 0.3) is 5.91 Å². The van der Waals surface area contributed by atoms with E-state index in [1.54, 1.807) is 18.2 Å². The Morgan fingerprint density at radius 3 is 2.22 bits per heavy atom. The second-order valence-electron chi connectivity index (χ2n) is 8.28. The lowest BCUT2D eigenvalue weighted by Crippen LogP contribution is -2.29. The van der Waals surface area contributed by atoms with Crippen LogP contribution in [0.15, 0.2) is 48.9 Å². The molecule has 17 heteroatoms. The lowest BCUT2D eigenvalue weighted by Gasteiger charge is -2.14. The number of benzene rings is 1. The highest BCUT2D eigenvalue weighted by atomic mass is 32.2. The second kappa shape index (κ2) is 11.3. The zero-order valence-corrected chi connectivity index (χ0v) is 22.7. The van der Waals surface area contributed by atoms with E-state index in [0.717, 1.165) is 23.2 Å².